The molecule has 0 aliphatic rings. The Morgan fingerprint density at radius 2 is 1.73 bits per heavy atom. The summed E-state index contributed by atoms with van der Waals surface area (Å²) in [5, 5.41) is 9.86. The SMILES string of the molecule is Nc1cccc(-c2cccc(NS(=O)(=O)C(F)(F)F)c2)c1O. The van der Waals surface area contributed by atoms with Crippen molar-refractivity contribution in [2.45, 2.75) is 5.51 Å². The van der Waals surface area contributed by atoms with E-state index in [2.05, 4.69) is 0 Å². The number of halogens is 3. The minimum atomic E-state index is -5.51. The average molecular weight is 332 g/mol. The number of hydrogen-bond donors (Lipinski definition) is 3. The molecule has 118 valence electrons. The number of nitrogens with one attached hydrogen (secondary N) is 1. The Labute approximate surface area is 124 Å². The molecule has 0 spiro atoms. The van der Waals surface area contributed by atoms with Gasteiger partial charge in [-0.15, -0.1) is 0 Å². The molecule has 0 atom stereocenters. The molecule has 9 heteroatoms. The standard InChI is InChI=1S/C13H11F3N2O3S/c14-13(15,16)22(20,21)18-9-4-1-3-8(7-9)10-5-2-6-11(17)12(10)19/h1-7,18-19H,17H2. The molecule has 0 aromatic heterocycles. The first kappa shape index (κ1) is 16.0. The normalized spacial score (nSPS) is 12.1. The van der Waals surface area contributed by atoms with E-state index in [9.17, 15) is 26.7 Å². The summed E-state index contributed by atoms with van der Waals surface area (Å²) in [7, 11) is -5.51. The van der Waals surface area contributed by atoms with Gasteiger partial charge in [0.2, 0.25) is 0 Å². The highest BCUT2D eigenvalue weighted by molar-refractivity contribution is 7.93. The number of rotatable bonds is 3. The van der Waals surface area contributed by atoms with Gasteiger partial charge in [-0.1, -0.05) is 24.3 Å². The third kappa shape index (κ3) is 3.08. The van der Waals surface area contributed by atoms with Gasteiger partial charge in [0.25, 0.3) is 0 Å². The minimum Gasteiger partial charge on any atom is -0.505 e. The van der Waals surface area contributed by atoms with Gasteiger partial charge in [-0.3, -0.25) is 4.72 Å². The number of nitrogens with two attached hydrogens (primary N) is 1. The van der Waals surface area contributed by atoms with Gasteiger partial charge in [0.1, 0.15) is 5.75 Å². The summed E-state index contributed by atoms with van der Waals surface area (Å²) in [6, 6.07) is 9.69. The van der Waals surface area contributed by atoms with Crippen LogP contribution in [0.5, 0.6) is 5.75 Å². The summed E-state index contributed by atoms with van der Waals surface area (Å²) in [4.78, 5) is 0. The quantitative estimate of drug-likeness (QED) is 0.595. The van der Waals surface area contributed by atoms with E-state index in [1.54, 1.807) is 6.07 Å². The van der Waals surface area contributed by atoms with E-state index in [1.807, 2.05) is 0 Å². The Morgan fingerprint density at radius 1 is 1.09 bits per heavy atom. The highest BCUT2D eigenvalue weighted by Crippen LogP contribution is 2.35. The Kier molecular flexibility index (Phi) is 3.92. The number of hydrogen-bond acceptors (Lipinski definition) is 4. The number of sulfonamides is 1. The molecule has 0 radical (unpaired) electrons. The number of phenolic OH excluding ortho intramolecular Hbond substituents is 1. The zero-order chi connectivity index (χ0) is 16.5. The van der Waals surface area contributed by atoms with Crippen molar-refractivity contribution in [2.75, 3.05) is 10.5 Å². The van der Waals surface area contributed by atoms with Crippen LogP contribution in [-0.4, -0.2) is 19.0 Å². The van der Waals surface area contributed by atoms with Crippen molar-refractivity contribution >= 4 is 21.4 Å². The Bertz CT molecular complexity index is 804. The van der Waals surface area contributed by atoms with Crippen LogP contribution in [0.15, 0.2) is 42.5 Å². The minimum absolute atomic E-state index is 0.0961. The lowest BCUT2D eigenvalue weighted by Crippen LogP contribution is -2.29. The maximum absolute atomic E-state index is 12.4. The highest BCUT2D eigenvalue weighted by Gasteiger charge is 2.46. The number of phenols is 1. The second-order valence-corrected chi connectivity index (χ2v) is 6.05. The van der Waals surface area contributed by atoms with Gasteiger partial charge >= 0.3 is 15.5 Å². The van der Waals surface area contributed by atoms with Gasteiger partial charge in [0, 0.05) is 11.3 Å². The van der Waals surface area contributed by atoms with Crippen molar-refractivity contribution < 1.29 is 26.7 Å². The van der Waals surface area contributed by atoms with E-state index >= 15 is 0 Å². The van der Waals surface area contributed by atoms with Crippen LogP contribution < -0.4 is 10.5 Å². The fourth-order valence-electron chi connectivity index (χ4n) is 1.76. The van der Waals surface area contributed by atoms with Crippen LogP contribution in [-0.2, 0) is 10.0 Å². The van der Waals surface area contributed by atoms with E-state index in [-0.39, 0.29) is 22.7 Å². The molecule has 0 aliphatic heterocycles. The third-order valence-electron chi connectivity index (χ3n) is 2.80. The second kappa shape index (κ2) is 5.41. The molecule has 0 bridgehead atoms. The molecule has 2 rings (SSSR count). The summed E-state index contributed by atoms with van der Waals surface area (Å²) >= 11 is 0. The molecule has 0 heterocycles. The van der Waals surface area contributed by atoms with Gasteiger partial charge < -0.3 is 10.8 Å². The third-order valence-corrected chi connectivity index (χ3v) is 3.91. The number of aromatic hydroxyl groups is 1. The molecule has 5 nitrogen and oxygen atoms in total. The number of nitrogen functional groups attached to an aromatic ring is 1. The molecule has 2 aromatic carbocycles. The number of anilines is 2. The van der Waals surface area contributed by atoms with E-state index in [0.717, 1.165) is 12.1 Å². The lowest BCUT2D eigenvalue weighted by atomic mass is 10.0. The first-order valence-electron chi connectivity index (χ1n) is 5.89. The molecule has 0 saturated heterocycles. The fraction of sp³-hybridized carbons (Fsp3) is 0.0769. The molecule has 0 saturated carbocycles. The lowest BCUT2D eigenvalue weighted by Gasteiger charge is -2.12. The predicted molar refractivity (Wildman–Crippen MR) is 76.6 cm³/mol. The van der Waals surface area contributed by atoms with Crippen LogP contribution in [0, 0.1) is 0 Å². The average Bonchev–Trinajstić information content (AvgIpc) is 2.40. The van der Waals surface area contributed by atoms with Gasteiger partial charge in [-0.25, -0.2) is 0 Å². The van der Waals surface area contributed by atoms with Crippen molar-refractivity contribution in [1.82, 2.24) is 0 Å². The van der Waals surface area contributed by atoms with E-state index in [4.69, 9.17) is 5.73 Å². The van der Waals surface area contributed by atoms with Crippen molar-refractivity contribution in [3.05, 3.63) is 42.5 Å². The first-order valence-corrected chi connectivity index (χ1v) is 7.37. The van der Waals surface area contributed by atoms with Gasteiger partial charge in [0.15, 0.2) is 0 Å². The first-order chi connectivity index (χ1) is 10.1. The molecule has 22 heavy (non-hydrogen) atoms. The Morgan fingerprint density at radius 3 is 2.36 bits per heavy atom. The second-order valence-electron chi connectivity index (χ2n) is 4.38. The topological polar surface area (TPSA) is 92.4 Å². The Hall–Kier alpha value is -2.42. The molecule has 0 fully saturated rings. The molecule has 0 unspecified atom stereocenters. The largest absolute Gasteiger partial charge is 0.516 e. The van der Waals surface area contributed by atoms with E-state index in [1.165, 1.54) is 29.0 Å². The van der Waals surface area contributed by atoms with Gasteiger partial charge in [-0.05, 0) is 23.8 Å². The lowest BCUT2D eigenvalue weighted by molar-refractivity contribution is -0.0429. The van der Waals surface area contributed by atoms with Crippen LogP contribution in [0.3, 0.4) is 0 Å². The molecule has 0 aliphatic carbocycles. The molecule has 4 N–H and O–H groups in total. The number of para-hydroxylation sites is 1. The summed E-state index contributed by atoms with van der Waals surface area (Å²) in [5.41, 5.74) is 0.529. The number of benzene rings is 2. The molecule has 0 amide bonds. The smallest absolute Gasteiger partial charge is 0.505 e. The van der Waals surface area contributed by atoms with Crippen molar-refractivity contribution in [3.63, 3.8) is 0 Å². The van der Waals surface area contributed by atoms with Crippen LogP contribution in [0.2, 0.25) is 0 Å². The summed E-state index contributed by atoms with van der Waals surface area (Å²) < 4.78 is 60.7. The maximum atomic E-state index is 12.4. The zero-order valence-electron chi connectivity index (χ0n) is 10.9. The van der Waals surface area contributed by atoms with E-state index in [0.29, 0.717) is 5.56 Å². The van der Waals surface area contributed by atoms with Crippen molar-refractivity contribution in [2.24, 2.45) is 0 Å². The molecular weight excluding hydrogens is 321 g/mol. The van der Waals surface area contributed by atoms with Crippen LogP contribution >= 0.6 is 0 Å². The fourth-order valence-corrected chi connectivity index (χ4v) is 2.31. The van der Waals surface area contributed by atoms with Crippen LogP contribution in [0.1, 0.15) is 0 Å². The highest BCUT2D eigenvalue weighted by atomic mass is 32.2. The van der Waals surface area contributed by atoms with Gasteiger partial charge in [0.05, 0.1) is 5.69 Å². The van der Waals surface area contributed by atoms with Crippen LogP contribution in [0.4, 0.5) is 24.5 Å². The summed E-state index contributed by atoms with van der Waals surface area (Å²) in [5.74, 6) is -0.238. The van der Waals surface area contributed by atoms with Crippen molar-refractivity contribution in [3.8, 4) is 16.9 Å². The van der Waals surface area contributed by atoms with Crippen molar-refractivity contribution in [1.29, 1.82) is 0 Å². The maximum Gasteiger partial charge on any atom is 0.516 e. The zero-order valence-corrected chi connectivity index (χ0v) is 11.7. The Balaban J connectivity index is 2.42. The van der Waals surface area contributed by atoms with Gasteiger partial charge in [-0.2, -0.15) is 21.6 Å². The number of alkyl halides is 3. The molecular formula is C13H11F3N2O3S. The van der Waals surface area contributed by atoms with E-state index < -0.39 is 15.5 Å². The monoisotopic (exact) mass is 332 g/mol. The van der Waals surface area contributed by atoms with Crippen LogP contribution in [0.25, 0.3) is 11.1 Å². The summed E-state index contributed by atoms with van der Waals surface area (Å²) in [6.07, 6.45) is 0. The summed E-state index contributed by atoms with van der Waals surface area (Å²) in [6.45, 7) is 0. The molecule has 2 aromatic rings. The predicted octanol–water partition coefficient (Wildman–Crippen LogP) is 2.90.